The van der Waals surface area contributed by atoms with Crippen LogP contribution in [0.2, 0.25) is 0 Å². The fourth-order valence-corrected chi connectivity index (χ4v) is 3.88. The summed E-state index contributed by atoms with van der Waals surface area (Å²) >= 11 is 1.75. The molecule has 1 aromatic heterocycles. The van der Waals surface area contributed by atoms with Crippen LogP contribution in [0.1, 0.15) is 33.2 Å². The molecule has 32 heavy (non-hydrogen) atoms. The van der Waals surface area contributed by atoms with Crippen molar-refractivity contribution in [1.82, 2.24) is 15.2 Å². The van der Waals surface area contributed by atoms with Crippen LogP contribution in [0, 0.1) is 0 Å². The topological polar surface area (TPSA) is 65.5 Å². The van der Waals surface area contributed by atoms with Crippen LogP contribution in [-0.4, -0.2) is 65.9 Å². The van der Waals surface area contributed by atoms with Crippen molar-refractivity contribution in [2.75, 3.05) is 49.1 Å². The first-order valence-electron chi connectivity index (χ1n) is 10.3. The molecule has 172 valence electrons. The number of anilines is 1. The maximum atomic E-state index is 12.9. The molecular formula is C22H25F3N4O2S. The Kier molecular flexibility index (Phi) is 8.00. The van der Waals surface area contributed by atoms with Gasteiger partial charge in [-0.2, -0.15) is 24.9 Å². The lowest BCUT2D eigenvalue weighted by Gasteiger charge is -2.35. The van der Waals surface area contributed by atoms with Gasteiger partial charge in [0.2, 0.25) is 0 Å². The highest BCUT2D eigenvalue weighted by Crippen LogP contribution is 2.30. The van der Waals surface area contributed by atoms with Gasteiger partial charge in [-0.15, -0.1) is 0 Å². The molecule has 0 unspecified atom stereocenters. The van der Waals surface area contributed by atoms with E-state index in [0.717, 1.165) is 23.6 Å². The van der Waals surface area contributed by atoms with Crippen molar-refractivity contribution in [3.05, 3.63) is 59.3 Å². The van der Waals surface area contributed by atoms with Crippen LogP contribution in [0.5, 0.6) is 0 Å². The number of carbonyl (C=O) groups excluding carboxylic acids is 2. The van der Waals surface area contributed by atoms with Crippen molar-refractivity contribution in [3.8, 4) is 0 Å². The number of amides is 2. The van der Waals surface area contributed by atoms with E-state index in [-0.39, 0.29) is 11.5 Å². The van der Waals surface area contributed by atoms with Gasteiger partial charge < -0.3 is 15.1 Å². The maximum Gasteiger partial charge on any atom is 0.416 e. The van der Waals surface area contributed by atoms with Crippen LogP contribution < -0.4 is 10.2 Å². The van der Waals surface area contributed by atoms with E-state index in [4.69, 9.17) is 0 Å². The zero-order valence-corrected chi connectivity index (χ0v) is 18.5. The van der Waals surface area contributed by atoms with Gasteiger partial charge in [-0.25, -0.2) is 4.98 Å². The molecule has 1 aliphatic rings. The largest absolute Gasteiger partial charge is 0.416 e. The fraction of sp³-hybridized carbons (Fsp3) is 0.409. The van der Waals surface area contributed by atoms with Gasteiger partial charge in [-0.3, -0.25) is 9.59 Å². The lowest BCUT2D eigenvalue weighted by Crippen LogP contribution is -2.49. The van der Waals surface area contributed by atoms with Gasteiger partial charge in [0.1, 0.15) is 5.82 Å². The molecule has 0 spiro atoms. The number of thioether (sulfide) groups is 1. The summed E-state index contributed by atoms with van der Waals surface area (Å²) in [6.07, 6.45) is -2.96. The number of rotatable bonds is 7. The van der Waals surface area contributed by atoms with E-state index in [0.29, 0.717) is 44.1 Å². The fourth-order valence-electron chi connectivity index (χ4n) is 3.34. The van der Waals surface area contributed by atoms with Gasteiger partial charge in [0, 0.05) is 50.2 Å². The first-order chi connectivity index (χ1) is 15.3. The Hall–Kier alpha value is -2.75. The van der Waals surface area contributed by atoms with E-state index in [1.54, 1.807) is 28.8 Å². The van der Waals surface area contributed by atoms with Gasteiger partial charge in [-0.1, -0.05) is 13.0 Å². The Bertz CT molecular complexity index is 930. The van der Waals surface area contributed by atoms with Crippen LogP contribution in [0.3, 0.4) is 0 Å². The smallest absolute Gasteiger partial charge is 0.353 e. The number of nitrogens with one attached hydrogen (secondary N) is 1. The van der Waals surface area contributed by atoms with Gasteiger partial charge in [0.05, 0.1) is 11.1 Å². The second-order valence-corrected chi connectivity index (χ2v) is 8.61. The van der Waals surface area contributed by atoms with Gasteiger partial charge in [0.15, 0.2) is 0 Å². The number of piperazine rings is 1. The molecule has 1 aromatic carbocycles. The molecule has 1 N–H and O–H groups in total. The molecular weight excluding hydrogens is 441 g/mol. The quantitative estimate of drug-likeness (QED) is 0.633. The number of hydrogen-bond acceptors (Lipinski definition) is 5. The predicted octanol–water partition coefficient (Wildman–Crippen LogP) is 3.55. The lowest BCUT2D eigenvalue weighted by atomic mass is 10.1. The van der Waals surface area contributed by atoms with Crippen molar-refractivity contribution >= 4 is 29.4 Å². The molecule has 1 aliphatic heterocycles. The molecule has 3 rings (SSSR count). The third kappa shape index (κ3) is 6.15. The van der Waals surface area contributed by atoms with E-state index < -0.39 is 17.6 Å². The highest BCUT2D eigenvalue weighted by atomic mass is 32.2. The average molecular weight is 467 g/mol. The number of halogens is 3. The number of nitrogens with zero attached hydrogens (tertiary/aromatic N) is 3. The molecule has 0 atom stereocenters. The summed E-state index contributed by atoms with van der Waals surface area (Å²) in [6, 6.07) is 7.97. The monoisotopic (exact) mass is 466 g/mol. The highest BCUT2D eigenvalue weighted by Gasteiger charge is 2.31. The second kappa shape index (κ2) is 10.7. The first kappa shape index (κ1) is 23.9. The van der Waals surface area contributed by atoms with Crippen molar-refractivity contribution in [1.29, 1.82) is 0 Å². The summed E-state index contributed by atoms with van der Waals surface area (Å²) in [6.45, 7) is 4.40. The number of benzene rings is 1. The van der Waals surface area contributed by atoms with Gasteiger partial charge in [-0.05, 0) is 36.1 Å². The first-order valence-corrected chi connectivity index (χ1v) is 11.5. The number of aromatic nitrogens is 1. The number of pyridine rings is 1. The minimum Gasteiger partial charge on any atom is -0.353 e. The van der Waals surface area contributed by atoms with E-state index >= 15 is 0 Å². The molecule has 1 saturated heterocycles. The molecule has 2 aromatic rings. The number of hydrogen-bond donors (Lipinski definition) is 1. The van der Waals surface area contributed by atoms with E-state index in [1.165, 1.54) is 18.3 Å². The molecule has 6 nitrogen and oxygen atoms in total. The van der Waals surface area contributed by atoms with Crippen LogP contribution in [0.15, 0.2) is 42.6 Å². The molecule has 10 heteroatoms. The summed E-state index contributed by atoms with van der Waals surface area (Å²) in [4.78, 5) is 32.7. The third-order valence-electron chi connectivity index (χ3n) is 5.07. The highest BCUT2D eigenvalue weighted by molar-refractivity contribution is 7.99. The molecule has 2 amide bonds. The summed E-state index contributed by atoms with van der Waals surface area (Å²) in [5.74, 6) is 1.96. The lowest BCUT2D eigenvalue weighted by molar-refractivity contribution is -0.137. The Balaban J connectivity index is 1.54. The molecule has 0 saturated carbocycles. The maximum absolute atomic E-state index is 12.9. The number of carbonyl (C=O) groups is 2. The van der Waals surface area contributed by atoms with Crippen LogP contribution in [0.25, 0.3) is 0 Å². The van der Waals surface area contributed by atoms with Crippen LogP contribution in [0.4, 0.5) is 19.0 Å². The van der Waals surface area contributed by atoms with Crippen molar-refractivity contribution in [3.63, 3.8) is 0 Å². The molecule has 1 fully saturated rings. The van der Waals surface area contributed by atoms with Gasteiger partial charge in [0.25, 0.3) is 11.8 Å². The van der Waals surface area contributed by atoms with E-state index in [1.807, 2.05) is 4.90 Å². The molecule has 0 radical (unpaired) electrons. The minimum absolute atomic E-state index is 0.0269. The standard InChI is InChI=1S/C22H25F3N4O2S/c1-2-32-13-8-26-20(30)17-6-7-19(27-15-17)28-9-11-29(12-10-28)21(31)16-4-3-5-18(14-16)22(23,24)25/h3-7,14-15H,2,8-13H2,1H3,(H,26,30). The Morgan fingerprint density at radius 1 is 1.09 bits per heavy atom. The zero-order valence-electron chi connectivity index (χ0n) is 17.7. The normalized spacial score (nSPS) is 14.4. The van der Waals surface area contributed by atoms with Crippen LogP contribution >= 0.6 is 11.8 Å². The molecule has 2 heterocycles. The van der Waals surface area contributed by atoms with Gasteiger partial charge >= 0.3 is 6.18 Å². The Morgan fingerprint density at radius 3 is 2.47 bits per heavy atom. The number of alkyl halides is 3. The summed E-state index contributed by atoms with van der Waals surface area (Å²) in [5, 5.41) is 2.85. The average Bonchev–Trinajstić information content (AvgIpc) is 2.81. The Morgan fingerprint density at radius 2 is 1.84 bits per heavy atom. The summed E-state index contributed by atoms with van der Waals surface area (Å²) < 4.78 is 38.8. The molecule has 0 aliphatic carbocycles. The molecule has 0 bridgehead atoms. The minimum atomic E-state index is -4.49. The van der Waals surface area contributed by atoms with Crippen molar-refractivity contribution in [2.45, 2.75) is 13.1 Å². The summed E-state index contributed by atoms with van der Waals surface area (Å²) in [7, 11) is 0. The van der Waals surface area contributed by atoms with Crippen molar-refractivity contribution in [2.24, 2.45) is 0 Å². The zero-order chi connectivity index (χ0) is 23.1. The third-order valence-corrected chi connectivity index (χ3v) is 5.97. The van der Waals surface area contributed by atoms with Crippen LogP contribution in [-0.2, 0) is 6.18 Å². The van der Waals surface area contributed by atoms with E-state index in [2.05, 4.69) is 17.2 Å². The predicted molar refractivity (Wildman–Crippen MR) is 119 cm³/mol. The summed E-state index contributed by atoms with van der Waals surface area (Å²) in [5.41, 5.74) is -0.327. The SMILES string of the molecule is CCSCCNC(=O)c1ccc(N2CCN(C(=O)c3cccc(C(F)(F)F)c3)CC2)nc1. The van der Waals surface area contributed by atoms with Crippen molar-refractivity contribution < 1.29 is 22.8 Å². The van der Waals surface area contributed by atoms with E-state index in [9.17, 15) is 22.8 Å². The second-order valence-electron chi connectivity index (χ2n) is 7.22. The Labute approximate surface area is 189 Å².